The van der Waals surface area contributed by atoms with Crippen LogP contribution in [0.1, 0.15) is 31.5 Å². The second-order valence-electron chi connectivity index (χ2n) is 6.64. The Morgan fingerprint density at radius 3 is 2.50 bits per heavy atom. The first kappa shape index (κ1) is 18.3. The molecule has 0 N–H and O–H groups in total. The predicted molar refractivity (Wildman–Crippen MR) is 99.4 cm³/mol. The number of imidazole rings is 1. The quantitative estimate of drug-likeness (QED) is 0.764. The Morgan fingerprint density at radius 2 is 1.88 bits per heavy atom. The van der Waals surface area contributed by atoms with E-state index in [-0.39, 0.29) is 12.0 Å². The van der Waals surface area contributed by atoms with Gasteiger partial charge in [0.2, 0.25) is 5.91 Å². The summed E-state index contributed by atoms with van der Waals surface area (Å²) < 4.78 is 13.3. The summed E-state index contributed by atoms with van der Waals surface area (Å²) in [5.41, 5.74) is 0. The number of amides is 1. The zero-order chi connectivity index (χ0) is 18.4. The largest absolute Gasteiger partial charge is 0.497 e. The number of carbonyl (C=O) groups excluding carboxylic acids is 1. The molecular weight excluding hydrogens is 330 g/mol. The molecule has 26 heavy (non-hydrogen) atoms. The van der Waals surface area contributed by atoms with Crippen molar-refractivity contribution in [2.24, 2.45) is 0 Å². The Labute approximate surface area is 154 Å². The van der Waals surface area contributed by atoms with Crippen LogP contribution in [0.2, 0.25) is 0 Å². The van der Waals surface area contributed by atoms with E-state index in [9.17, 15) is 4.79 Å². The van der Waals surface area contributed by atoms with Gasteiger partial charge < -0.3 is 18.9 Å². The number of benzene rings is 1. The minimum Gasteiger partial charge on any atom is -0.497 e. The summed E-state index contributed by atoms with van der Waals surface area (Å²) in [5, 5.41) is 0. The molecule has 1 aromatic heterocycles. The maximum atomic E-state index is 12.4. The van der Waals surface area contributed by atoms with Crippen molar-refractivity contribution in [1.82, 2.24) is 14.5 Å². The Bertz CT molecular complexity index is 703. The Morgan fingerprint density at radius 1 is 1.19 bits per heavy atom. The fourth-order valence-corrected chi connectivity index (χ4v) is 3.27. The molecule has 0 aliphatic carbocycles. The Balaban J connectivity index is 1.38. The van der Waals surface area contributed by atoms with Crippen molar-refractivity contribution in [1.29, 1.82) is 0 Å². The molecule has 1 fully saturated rings. The van der Waals surface area contributed by atoms with E-state index in [1.54, 1.807) is 13.3 Å². The van der Waals surface area contributed by atoms with E-state index < -0.39 is 0 Å². The highest BCUT2D eigenvalue weighted by atomic mass is 16.5. The van der Waals surface area contributed by atoms with Crippen molar-refractivity contribution >= 4 is 5.91 Å². The lowest BCUT2D eigenvalue weighted by Crippen LogP contribution is -2.41. The average molecular weight is 357 g/mol. The summed E-state index contributed by atoms with van der Waals surface area (Å²) in [4.78, 5) is 18.6. The molecule has 2 aromatic rings. The van der Waals surface area contributed by atoms with Crippen molar-refractivity contribution in [3.63, 3.8) is 0 Å². The number of ether oxygens (including phenoxy) is 2. The lowest BCUT2D eigenvalue weighted by molar-refractivity contribution is -0.133. The van der Waals surface area contributed by atoms with Gasteiger partial charge in [-0.05, 0) is 37.6 Å². The molecule has 0 unspecified atom stereocenters. The summed E-state index contributed by atoms with van der Waals surface area (Å²) in [6.07, 6.45) is 7.10. The van der Waals surface area contributed by atoms with Gasteiger partial charge in [-0.1, -0.05) is 0 Å². The van der Waals surface area contributed by atoms with E-state index in [1.807, 2.05) is 42.3 Å². The number of methoxy groups -OCH3 is 1. The highest BCUT2D eigenvalue weighted by Gasteiger charge is 2.23. The minimum atomic E-state index is 0.168. The molecular formula is C20H27N3O3. The van der Waals surface area contributed by atoms with E-state index in [2.05, 4.69) is 9.55 Å². The molecule has 6 nitrogen and oxygen atoms in total. The lowest BCUT2D eigenvalue weighted by atomic mass is 10.1. The molecule has 0 bridgehead atoms. The summed E-state index contributed by atoms with van der Waals surface area (Å²) in [5.74, 6) is 2.91. The van der Waals surface area contributed by atoms with Gasteiger partial charge in [-0.15, -0.1) is 0 Å². The molecule has 1 aliphatic rings. The van der Waals surface area contributed by atoms with E-state index in [1.165, 1.54) is 0 Å². The van der Waals surface area contributed by atoms with Gasteiger partial charge >= 0.3 is 0 Å². The van der Waals surface area contributed by atoms with Crippen LogP contribution in [-0.4, -0.2) is 46.7 Å². The number of nitrogens with zero attached hydrogens (tertiary/aromatic N) is 3. The second-order valence-corrected chi connectivity index (χ2v) is 6.64. The molecule has 1 saturated heterocycles. The van der Waals surface area contributed by atoms with Crippen LogP contribution in [0.15, 0.2) is 36.7 Å². The van der Waals surface area contributed by atoms with E-state index in [0.717, 1.165) is 56.2 Å². The zero-order valence-electron chi connectivity index (χ0n) is 15.6. The number of aromatic nitrogens is 2. The Hall–Kier alpha value is -2.50. The molecule has 2 heterocycles. The normalized spacial score (nSPS) is 15.1. The van der Waals surface area contributed by atoms with Crippen LogP contribution in [0.5, 0.6) is 11.5 Å². The van der Waals surface area contributed by atoms with Gasteiger partial charge in [-0.25, -0.2) is 4.98 Å². The summed E-state index contributed by atoms with van der Waals surface area (Å²) in [7, 11) is 1.65. The predicted octanol–water partition coefficient (Wildman–Crippen LogP) is 3.05. The van der Waals surface area contributed by atoms with Crippen LogP contribution < -0.4 is 9.47 Å². The molecule has 0 saturated carbocycles. The molecule has 140 valence electrons. The molecule has 0 atom stereocenters. The van der Waals surface area contributed by atoms with Crippen LogP contribution in [-0.2, 0) is 11.3 Å². The molecule has 1 aliphatic heterocycles. The van der Waals surface area contributed by atoms with Gasteiger partial charge in [0, 0.05) is 51.3 Å². The van der Waals surface area contributed by atoms with Crippen molar-refractivity contribution in [2.45, 2.75) is 45.3 Å². The molecule has 1 aromatic carbocycles. The Kier molecular flexibility index (Phi) is 6.15. The van der Waals surface area contributed by atoms with Gasteiger partial charge in [-0.2, -0.15) is 0 Å². The lowest BCUT2D eigenvalue weighted by Gasteiger charge is -2.32. The molecule has 6 heteroatoms. The smallest absolute Gasteiger partial charge is 0.222 e. The third-order valence-electron chi connectivity index (χ3n) is 4.87. The van der Waals surface area contributed by atoms with E-state index in [4.69, 9.17) is 9.47 Å². The third-order valence-corrected chi connectivity index (χ3v) is 4.87. The second kappa shape index (κ2) is 8.74. The maximum Gasteiger partial charge on any atom is 0.222 e. The van der Waals surface area contributed by atoms with Crippen molar-refractivity contribution < 1.29 is 14.3 Å². The van der Waals surface area contributed by atoms with Crippen LogP contribution in [0.3, 0.4) is 0 Å². The number of carbonyl (C=O) groups is 1. The zero-order valence-corrected chi connectivity index (χ0v) is 15.6. The van der Waals surface area contributed by atoms with Crippen LogP contribution in [0, 0.1) is 6.92 Å². The highest BCUT2D eigenvalue weighted by Crippen LogP contribution is 2.22. The number of hydrogen-bond acceptors (Lipinski definition) is 4. The van der Waals surface area contributed by atoms with Crippen LogP contribution >= 0.6 is 0 Å². The average Bonchev–Trinajstić information content (AvgIpc) is 3.08. The summed E-state index contributed by atoms with van der Waals surface area (Å²) in [6, 6.07) is 7.65. The van der Waals surface area contributed by atoms with Crippen molar-refractivity contribution in [2.75, 3.05) is 20.2 Å². The van der Waals surface area contributed by atoms with Gasteiger partial charge in [-0.3, -0.25) is 4.79 Å². The standard InChI is InChI=1S/C20H27N3O3/c1-16-21-11-15-22(16)12-3-4-20(24)23-13-9-19(10-14-23)26-18-7-5-17(25-2)6-8-18/h5-8,11,15,19H,3-4,9-10,12-14H2,1-2H3. The first-order valence-electron chi connectivity index (χ1n) is 9.22. The van der Waals surface area contributed by atoms with Gasteiger partial charge in [0.1, 0.15) is 23.4 Å². The van der Waals surface area contributed by atoms with Crippen LogP contribution in [0.4, 0.5) is 0 Å². The number of aryl methyl sites for hydroxylation is 2. The fraction of sp³-hybridized carbons (Fsp3) is 0.500. The van der Waals surface area contributed by atoms with Gasteiger partial charge in [0.05, 0.1) is 7.11 Å². The van der Waals surface area contributed by atoms with E-state index >= 15 is 0 Å². The monoisotopic (exact) mass is 357 g/mol. The number of hydrogen-bond donors (Lipinski definition) is 0. The SMILES string of the molecule is COc1ccc(OC2CCN(C(=O)CCCn3ccnc3C)CC2)cc1. The molecule has 3 rings (SSSR count). The van der Waals surface area contributed by atoms with Crippen molar-refractivity contribution in [3.05, 3.63) is 42.5 Å². The third kappa shape index (κ3) is 4.77. The van der Waals surface area contributed by atoms with Crippen molar-refractivity contribution in [3.8, 4) is 11.5 Å². The number of piperidine rings is 1. The highest BCUT2D eigenvalue weighted by molar-refractivity contribution is 5.76. The molecule has 1 amide bonds. The number of rotatable bonds is 7. The van der Waals surface area contributed by atoms with Gasteiger partial charge in [0.25, 0.3) is 0 Å². The fourth-order valence-electron chi connectivity index (χ4n) is 3.27. The summed E-state index contributed by atoms with van der Waals surface area (Å²) in [6.45, 7) is 4.36. The maximum absolute atomic E-state index is 12.4. The molecule has 0 radical (unpaired) electrons. The van der Waals surface area contributed by atoms with E-state index in [0.29, 0.717) is 6.42 Å². The first-order valence-corrected chi connectivity index (χ1v) is 9.22. The topological polar surface area (TPSA) is 56.6 Å². The first-order chi connectivity index (χ1) is 12.7. The molecule has 0 spiro atoms. The number of likely N-dealkylation sites (tertiary alicyclic amines) is 1. The summed E-state index contributed by atoms with van der Waals surface area (Å²) >= 11 is 0. The van der Waals surface area contributed by atoms with Gasteiger partial charge in [0.15, 0.2) is 0 Å². The van der Waals surface area contributed by atoms with Crippen LogP contribution in [0.25, 0.3) is 0 Å². The minimum absolute atomic E-state index is 0.168.